The van der Waals surface area contributed by atoms with Crippen molar-refractivity contribution in [3.63, 3.8) is 0 Å². The molecule has 25 heavy (non-hydrogen) atoms. The molecular formula is C19H22O5S. The van der Waals surface area contributed by atoms with E-state index in [0.29, 0.717) is 0 Å². The molecule has 2 unspecified atom stereocenters. The Balaban J connectivity index is 1.70. The predicted octanol–water partition coefficient (Wildman–Crippen LogP) is 1.80. The van der Waals surface area contributed by atoms with Crippen molar-refractivity contribution in [1.29, 1.82) is 0 Å². The molecule has 1 heterocycles. The Labute approximate surface area is 151 Å². The first-order valence-electron chi connectivity index (χ1n) is 8.18. The Morgan fingerprint density at radius 2 is 1.56 bits per heavy atom. The zero-order valence-corrected chi connectivity index (χ0v) is 14.5. The molecule has 1 fully saturated rings. The van der Waals surface area contributed by atoms with Crippen molar-refractivity contribution < 1.29 is 24.8 Å². The van der Waals surface area contributed by atoms with Crippen LogP contribution >= 0.6 is 11.8 Å². The van der Waals surface area contributed by atoms with Crippen molar-refractivity contribution >= 4 is 11.8 Å². The molecule has 5 nitrogen and oxygen atoms in total. The van der Waals surface area contributed by atoms with Gasteiger partial charge in [-0.15, -0.1) is 0 Å². The molecule has 1 aliphatic heterocycles. The van der Waals surface area contributed by atoms with Gasteiger partial charge in [-0.05, 0) is 17.7 Å². The number of aliphatic hydroxyl groups is 3. The van der Waals surface area contributed by atoms with Crippen LogP contribution in [0.2, 0.25) is 0 Å². The summed E-state index contributed by atoms with van der Waals surface area (Å²) in [7, 11) is 0. The average molecular weight is 362 g/mol. The van der Waals surface area contributed by atoms with Gasteiger partial charge in [0.15, 0.2) is 0 Å². The zero-order valence-electron chi connectivity index (χ0n) is 13.6. The first-order valence-corrected chi connectivity index (χ1v) is 9.06. The normalized spacial score (nSPS) is 29.5. The summed E-state index contributed by atoms with van der Waals surface area (Å²) >= 11 is 1.34. The van der Waals surface area contributed by atoms with Crippen molar-refractivity contribution in [3.05, 3.63) is 66.2 Å². The van der Waals surface area contributed by atoms with Crippen molar-refractivity contribution in [2.45, 2.75) is 41.4 Å². The van der Waals surface area contributed by atoms with Crippen LogP contribution in [-0.4, -0.2) is 51.8 Å². The van der Waals surface area contributed by atoms with Gasteiger partial charge in [-0.25, -0.2) is 0 Å². The summed E-state index contributed by atoms with van der Waals surface area (Å²) in [6.45, 7) is -0.0779. The number of aliphatic hydroxyl groups excluding tert-OH is 3. The van der Waals surface area contributed by atoms with Crippen LogP contribution in [0.15, 0.2) is 65.6 Å². The Kier molecular flexibility index (Phi) is 6.47. The fourth-order valence-electron chi connectivity index (χ4n) is 2.75. The average Bonchev–Trinajstić information content (AvgIpc) is 2.65. The second-order valence-corrected chi connectivity index (χ2v) is 7.07. The van der Waals surface area contributed by atoms with Gasteiger partial charge in [0.25, 0.3) is 0 Å². The van der Waals surface area contributed by atoms with Crippen LogP contribution in [0, 0.1) is 0 Å². The molecule has 3 N–H and O–H groups in total. The summed E-state index contributed by atoms with van der Waals surface area (Å²) in [5.41, 5.74) is 0.310. The third-order valence-electron chi connectivity index (χ3n) is 4.10. The van der Waals surface area contributed by atoms with Crippen LogP contribution < -0.4 is 0 Å². The summed E-state index contributed by atoms with van der Waals surface area (Å²) in [6.07, 6.45) is -3.76. The maximum Gasteiger partial charge on any atom is 0.136 e. The van der Waals surface area contributed by atoms with E-state index >= 15 is 0 Å². The molecule has 0 spiro atoms. The third-order valence-corrected chi connectivity index (χ3v) is 5.27. The number of benzene rings is 2. The standard InChI is InChI=1S/C19H22O5S/c20-11-15-16(21)18(23-12-13-7-3-1-4-8-13)17(22)19(24-15)25-14-9-5-2-6-10-14/h1-10,15-22H,11-12H2/t15?,16-,17?,18-,19+/m1/s1. The minimum absolute atomic E-state index is 0.264. The van der Waals surface area contributed by atoms with Gasteiger partial charge in [-0.2, -0.15) is 0 Å². The fourth-order valence-corrected chi connectivity index (χ4v) is 3.82. The molecule has 5 atom stereocenters. The topological polar surface area (TPSA) is 79.2 Å². The third kappa shape index (κ3) is 4.61. The van der Waals surface area contributed by atoms with E-state index in [4.69, 9.17) is 9.47 Å². The van der Waals surface area contributed by atoms with E-state index in [2.05, 4.69) is 0 Å². The largest absolute Gasteiger partial charge is 0.394 e. The van der Waals surface area contributed by atoms with Crippen LogP contribution in [0.5, 0.6) is 0 Å². The molecule has 0 aromatic heterocycles. The number of thioether (sulfide) groups is 1. The Bertz CT molecular complexity index is 639. The van der Waals surface area contributed by atoms with Crippen LogP contribution in [0.25, 0.3) is 0 Å². The van der Waals surface area contributed by atoms with Crippen LogP contribution in [-0.2, 0) is 16.1 Å². The summed E-state index contributed by atoms with van der Waals surface area (Å²) < 4.78 is 11.5. The Hall–Kier alpha value is -1.41. The molecule has 0 amide bonds. The highest BCUT2D eigenvalue weighted by molar-refractivity contribution is 7.99. The molecule has 0 aliphatic carbocycles. The smallest absolute Gasteiger partial charge is 0.136 e. The first-order chi connectivity index (χ1) is 12.2. The first kappa shape index (κ1) is 18.4. The summed E-state index contributed by atoms with van der Waals surface area (Å²) in [5.74, 6) is 0. The highest BCUT2D eigenvalue weighted by atomic mass is 32.2. The van der Waals surface area contributed by atoms with E-state index in [0.717, 1.165) is 10.5 Å². The lowest BCUT2D eigenvalue weighted by Gasteiger charge is -2.41. The monoisotopic (exact) mass is 362 g/mol. The van der Waals surface area contributed by atoms with E-state index in [9.17, 15) is 15.3 Å². The highest BCUT2D eigenvalue weighted by Crippen LogP contribution is 2.34. The molecule has 1 aliphatic rings. The number of rotatable bonds is 6. The molecule has 2 aromatic rings. The van der Waals surface area contributed by atoms with Crippen molar-refractivity contribution in [2.75, 3.05) is 6.61 Å². The molecular weight excluding hydrogens is 340 g/mol. The molecule has 0 saturated carbocycles. The summed E-state index contributed by atoms with van der Waals surface area (Å²) in [4.78, 5) is 0.932. The molecule has 2 aromatic carbocycles. The second kappa shape index (κ2) is 8.80. The highest BCUT2D eigenvalue weighted by Gasteiger charge is 2.45. The molecule has 1 saturated heterocycles. The summed E-state index contributed by atoms with van der Waals surface area (Å²) in [5, 5.41) is 30.5. The van der Waals surface area contributed by atoms with Gasteiger partial charge in [0.2, 0.25) is 0 Å². The Morgan fingerprint density at radius 3 is 2.20 bits per heavy atom. The lowest BCUT2D eigenvalue weighted by molar-refractivity contribution is -0.223. The molecule has 6 heteroatoms. The minimum atomic E-state index is -1.10. The van der Waals surface area contributed by atoms with Gasteiger partial charge in [0.1, 0.15) is 29.9 Å². The van der Waals surface area contributed by atoms with Gasteiger partial charge >= 0.3 is 0 Å². The van der Waals surface area contributed by atoms with Gasteiger partial charge in [0, 0.05) is 4.90 Å². The van der Waals surface area contributed by atoms with E-state index in [-0.39, 0.29) is 13.2 Å². The minimum Gasteiger partial charge on any atom is -0.394 e. The second-order valence-electron chi connectivity index (χ2n) is 5.90. The quantitative estimate of drug-likeness (QED) is 0.727. The van der Waals surface area contributed by atoms with Crippen molar-refractivity contribution in [2.24, 2.45) is 0 Å². The van der Waals surface area contributed by atoms with E-state index < -0.39 is 29.9 Å². The molecule has 0 bridgehead atoms. The van der Waals surface area contributed by atoms with Crippen molar-refractivity contribution in [1.82, 2.24) is 0 Å². The molecule has 3 rings (SSSR count). The zero-order chi connectivity index (χ0) is 17.6. The van der Waals surface area contributed by atoms with Gasteiger partial charge in [0.05, 0.1) is 13.2 Å². The molecule has 134 valence electrons. The maximum absolute atomic E-state index is 10.6. The maximum atomic E-state index is 10.6. The lowest BCUT2D eigenvalue weighted by atomic mass is 10.00. The van der Waals surface area contributed by atoms with E-state index in [1.807, 2.05) is 60.7 Å². The Morgan fingerprint density at radius 1 is 0.920 bits per heavy atom. The van der Waals surface area contributed by atoms with Gasteiger partial charge in [-0.3, -0.25) is 0 Å². The van der Waals surface area contributed by atoms with Gasteiger partial charge in [-0.1, -0.05) is 60.3 Å². The number of hydrogen-bond donors (Lipinski definition) is 3. The van der Waals surface area contributed by atoms with E-state index in [1.54, 1.807) is 0 Å². The molecule has 0 radical (unpaired) electrons. The summed E-state index contributed by atoms with van der Waals surface area (Å²) in [6, 6.07) is 19.1. The number of ether oxygens (including phenoxy) is 2. The van der Waals surface area contributed by atoms with Crippen LogP contribution in [0.1, 0.15) is 5.56 Å². The van der Waals surface area contributed by atoms with Gasteiger partial charge < -0.3 is 24.8 Å². The predicted molar refractivity (Wildman–Crippen MR) is 95.1 cm³/mol. The van der Waals surface area contributed by atoms with E-state index in [1.165, 1.54) is 11.8 Å². The number of hydrogen-bond acceptors (Lipinski definition) is 6. The lowest BCUT2D eigenvalue weighted by Crippen LogP contribution is -2.58. The van der Waals surface area contributed by atoms with Crippen molar-refractivity contribution in [3.8, 4) is 0 Å². The van der Waals surface area contributed by atoms with Crippen LogP contribution in [0.3, 0.4) is 0 Å². The van der Waals surface area contributed by atoms with Crippen LogP contribution in [0.4, 0.5) is 0 Å². The SMILES string of the molecule is OCC1O[C@@H](Sc2ccccc2)C(O)[C@H](OCc2ccccc2)[C@@H]1O. The fraction of sp³-hybridized carbons (Fsp3) is 0.368.